The molecule has 0 saturated heterocycles. The molecule has 1 aromatic heterocycles. The molecular formula is C13H27IN6. The van der Waals surface area contributed by atoms with Crippen molar-refractivity contribution >= 4 is 29.9 Å². The number of aliphatic imine (C=N–C) groups is 1. The van der Waals surface area contributed by atoms with Gasteiger partial charge in [-0.3, -0.25) is 4.68 Å². The number of aromatic nitrogens is 3. The fourth-order valence-corrected chi connectivity index (χ4v) is 1.81. The van der Waals surface area contributed by atoms with Crippen LogP contribution in [0.25, 0.3) is 0 Å². The molecule has 1 heterocycles. The molecule has 0 aromatic carbocycles. The van der Waals surface area contributed by atoms with Gasteiger partial charge in [0.15, 0.2) is 11.8 Å². The standard InChI is InChI=1S/C13H26N6.HI/c1-10(2)6-5-7-11(3)17-13(14)15-8-12-16-9-19(4)18-12;/h9-11H,5-8H2,1-4H3,(H3,14,15,17);1H. The van der Waals surface area contributed by atoms with Crippen LogP contribution in [0.3, 0.4) is 0 Å². The molecule has 1 rings (SSSR count). The Morgan fingerprint density at radius 2 is 2.10 bits per heavy atom. The van der Waals surface area contributed by atoms with Gasteiger partial charge in [-0.2, -0.15) is 5.10 Å². The lowest BCUT2D eigenvalue weighted by Gasteiger charge is -2.14. The normalized spacial score (nSPS) is 13.2. The first-order valence-electron chi connectivity index (χ1n) is 6.88. The zero-order valence-corrected chi connectivity index (χ0v) is 15.2. The van der Waals surface area contributed by atoms with E-state index in [1.807, 2.05) is 7.05 Å². The van der Waals surface area contributed by atoms with Crippen LogP contribution in [0, 0.1) is 5.92 Å². The van der Waals surface area contributed by atoms with Crippen LogP contribution in [0.15, 0.2) is 11.3 Å². The van der Waals surface area contributed by atoms with Gasteiger partial charge >= 0.3 is 0 Å². The molecule has 0 fully saturated rings. The highest BCUT2D eigenvalue weighted by atomic mass is 127. The Balaban J connectivity index is 0.00000361. The molecule has 0 aliphatic heterocycles. The Hall–Kier alpha value is -0.860. The molecule has 0 amide bonds. The van der Waals surface area contributed by atoms with Crippen LogP contribution in [0.4, 0.5) is 0 Å². The van der Waals surface area contributed by atoms with Crippen LogP contribution < -0.4 is 11.1 Å². The van der Waals surface area contributed by atoms with Crippen molar-refractivity contribution < 1.29 is 0 Å². The predicted octanol–water partition coefficient (Wildman–Crippen LogP) is 2.05. The van der Waals surface area contributed by atoms with Gasteiger partial charge in [-0.1, -0.05) is 26.7 Å². The number of rotatable bonds is 7. The van der Waals surface area contributed by atoms with Gasteiger partial charge in [0.1, 0.15) is 12.9 Å². The maximum Gasteiger partial charge on any atom is 0.189 e. The molecule has 1 aromatic rings. The summed E-state index contributed by atoms with van der Waals surface area (Å²) < 4.78 is 1.66. The summed E-state index contributed by atoms with van der Waals surface area (Å²) in [4.78, 5) is 8.33. The van der Waals surface area contributed by atoms with Crippen molar-refractivity contribution in [1.82, 2.24) is 20.1 Å². The molecule has 1 atom stereocenters. The van der Waals surface area contributed by atoms with Gasteiger partial charge in [-0.15, -0.1) is 24.0 Å². The highest BCUT2D eigenvalue weighted by molar-refractivity contribution is 14.0. The van der Waals surface area contributed by atoms with Gasteiger partial charge in [-0.25, -0.2) is 9.98 Å². The Bertz CT molecular complexity index is 401. The number of nitrogens with two attached hydrogens (primary N) is 1. The van der Waals surface area contributed by atoms with Gasteiger partial charge in [0.25, 0.3) is 0 Å². The van der Waals surface area contributed by atoms with E-state index in [0.29, 0.717) is 24.4 Å². The summed E-state index contributed by atoms with van der Waals surface area (Å²) in [5.41, 5.74) is 5.84. The molecule has 0 aliphatic carbocycles. The lowest BCUT2D eigenvalue weighted by Crippen LogP contribution is -2.38. The fraction of sp³-hybridized carbons (Fsp3) is 0.769. The fourth-order valence-electron chi connectivity index (χ4n) is 1.81. The zero-order valence-electron chi connectivity index (χ0n) is 12.8. The first-order valence-corrected chi connectivity index (χ1v) is 6.88. The van der Waals surface area contributed by atoms with E-state index < -0.39 is 0 Å². The molecule has 20 heavy (non-hydrogen) atoms. The number of hydrogen-bond acceptors (Lipinski definition) is 3. The minimum absolute atomic E-state index is 0. The Labute approximate surface area is 138 Å². The van der Waals surface area contributed by atoms with Crippen LogP contribution in [-0.4, -0.2) is 26.8 Å². The number of guanidine groups is 1. The minimum atomic E-state index is 0. The van der Waals surface area contributed by atoms with Crippen molar-refractivity contribution in [3.63, 3.8) is 0 Å². The van der Waals surface area contributed by atoms with Gasteiger partial charge in [0.05, 0.1) is 0 Å². The number of aryl methyl sites for hydroxylation is 1. The summed E-state index contributed by atoms with van der Waals surface area (Å²) in [5, 5.41) is 7.34. The van der Waals surface area contributed by atoms with Gasteiger partial charge in [0, 0.05) is 13.1 Å². The SMILES string of the molecule is CC(C)CCCC(C)NC(N)=NCc1ncn(C)n1.I. The van der Waals surface area contributed by atoms with Crippen molar-refractivity contribution in [2.75, 3.05) is 0 Å². The number of hydrogen-bond donors (Lipinski definition) is 2. The summed E-state index contributed by atoms with van der Waals surface area (Å²) in [6.45, 7) is 7.03. The van der Waals surface area contributed by atoms with Crippen molar-refractivity contribution in [3.8, 4) is 0 Å². The monoisotopic (exact) mass is 394 g/mol. The Morgan fingerprint density at radius 1 is 1.40 bits per heavy atom. The summed E-state index contributed by atoms with van der Waals surface area (Å²) in [5.74, 6) is 1.90. The first-order chi connectivity index (χ1) is 8.97. The van der Waals surface area contributed by atoms with Crippen molar-refractivity contribution in [2.45, 2.75) is 52.6 Å². The average Bonchev–Trinajstić information content (AvgIpc) is 2.72. The van der Waals surface area contributed by atoms with Crippen LogP contribution in [-0.2, 0) is 13.6 Å². The quantitative estimate of drug-likeness (QED) is 0.422. The van der Waals surface area contributed by atoms with Gasteiger partial charge in [0.2, 0.25) is 0 Å². The number of nitrogens with zero attached hydrogens (tertiary/aromatic N) is 4. The molecule has 0 saturated carbocycles. The summed E-state index contributed by atoms with van der Waals surface area (Å²) in [6.07, 6.45) is 5.22. The van der Waals surface area contributed by atoms with Crippen molar-refractivity contribution in [1.29, 1.82) is 0 Å². The molecule has 0 bridgehead atoms. The average molecular weight is 394 g/mol. The van der Waals surface area contributed by atoms with Gasteiger partial charge < -0.3 is 11.1 Å². The molecule has 3 N–H and O–H groups in total. The lowest BCUT2D eigenvalue weighted by atomic mass is 10.0. The van der Waals surface area contributed by atoms with E-state index in [-0.39, 0.29) is 24.0 Å². The topological polar surface area (TPSA) is 81.1 Å². The third-order valence-corrected chi connectivity index (χ3v) is 2.85. The lowest BCUT2D eigenvalue weighted by molar-refractivity contribution is 0.493. The van der Waals surface area contributed by atoms with Crippen LogP contribution >= 0.6 is 24.0 Å². The van der Waals surface area contributed by atoms with Gasteiger partial charge in [-0.05, 0) is 19.3 Å². The van der Waals surface area contributed by atoms with E-state index in [1.54, 1.807) is 11.0 Å². The second-order valence-corrected chi connectivity index (χ2v) is 5.41. The molecule has 116 valence electrons. The summed E-state index contributed by atoms with van der Waals surface area (Å²) in [7, 11) is 1.83. The highest BCUT2D eigenvalue weighted by Gasteiger charge is 2.04. The molecule has 0 spiro atoms. The molecule has 0 aliphatic rings. The minimum Gasteiger partial charge on any atom is -0.370 e. The Morgan fingerprint density at radius 3 is 2.65 bits per heavy atom. The second-order valence-electron chi connectivity index (χ2n) is 5.41. The third kappa shape index (κ3) is 8.34. The third-order valence-electron chi connectivity index (χ3n) is 2.85. The first kappa shape index (κ1) is 19.1. The highest BCUT2D eigenvalue weighted by Crippen LogP contribution is 2.07. The van der Waals surface area contributed by atoms with E-state index in [2.05, 4.69) is 41.2 Å². The predicted molar refractivity (Wildman–Crippen MR) is 93.0 cm³/mol. The van der Waals surface area contributed by atoms with E-state index in [0.717, 1.165) is 12.3 Å². The molecular weight excluding hydrogens is 367 g/mol. The number of nitrogens with one attached hydrogen (secondary N) is 1. The molecule has 7 heteroatoms. The maximum absolute atomic E-state index is 5.84. The van der Waals surface area contributed by atoms with Crippen molar-refractivity contribution in [2.24, 2.45) is 23.7 Å². The number of halogens is 1. The smallest absolute Gasteiger partial charge is 0.189 e. The second kappa shape index (κ2) is 9.95. The molecule has 1 unspecified atom stereocenters. The van der Waals surface area contributed by atoms with E-state index in [1.165, 1.54) is 12.8 Å². The zero-order chi connectivity index (χ0) is 14.3. The van der Waals surface area contributed by atoms with Crippen LogP contribution in [0.1, 0.15) is 45.9 Å². The van der Waals surface area contributed by atoms with E-state index in [4.69, 9.17) is 5.73 Å². The van der Waals surface area contributed by atoms with Crippen LogP contribution in [0.5, 0.6) is 0 Å². The van der Waals surface area contributed by atoms with E-state index in [9.17, 15) is 0 Å². The van der Waals surface area contributed by atoms with E-state index >= 15 is 0 Å². The van der Waals surface area contributed by atoms with Crippen molar-refractivity contribution in [3.05, 3.63) is 12.2 Å². The Kier molecular flexibility index (Phi) is 9.52. The molecule has 6 nitrogen and oxygen atoms in total. The van der Waals surface area contributed by atoms with Crippen LogP contribution in [0.2, 0.25) is 0 Å². The summed E-state index contributed by atoms with van der Waals surface area (Å²) in [6, 6.07) is 0.346. The maximum atomic E-state index is 5.84. The summed E-state index contributed by atoms with van der Waals surface area (Å²) >= 11 is 0. The largest absolute Gasteiger partial charge is 0.370 e. The molecule has 0 radical (unpaired) electrons.